The van der Waals surface area contributed by atoms with Crippen molar-refractivity contribution in [2.45, 2.75) is 95.6 Å². The Kier molecular flexibility index (Phi) is 5.64. The fourth-order valence-electron chi connectivity index (χ4n) is 6.91. The van der Waals surface area contributed by atoms with Crippen LogP contribution < -0.4 is 0 Å². The molecule has 0 aromatic heterocycles. The minimum absolute atomic E-state index is 0.00111. The van der Waals surface area contributed by atoms with E-state index in [2.05, 4.69) is 56.7 Å². The van der Waals surface area contributed by atoms with E-state index in [0.29, 0.717) is 35.7 Å². The summed E-state index contributed by atoms with van der Waals surface area (Å²) in [6.07, 6.45) is 8.75. The molecule has 4 aliphatic carbocycles. The molecule has 0 amide bonds. The molecule has 0 N–H and O–H groups in total. The van der Waals surface area contributed by atoms with Gasteiger partial charge in [0.15, 0.2) is 19.9 Å². The molecule has 5 heteroatoms. The standard InChI is InChI=1S/C25H39BrO3Si/c1-23(2,3)30(5,6)29-15-25-12-9-17(27)13-16(25)7-8-18-19(25)10-11-24(4)20(18)14-21(26)22(24)28/h13,18-21H,7-12,14-15H2,1-6H3/t18-,19+,20+,21-,24+,25-/m1/s1. The Morgan fingerprint density at radius 3 is 2.50 bits per heavy atom. The van der Waals surface area contributed by atoms with Crippen LogP contribution in [0.4, 0.5) is 0 Å². The van der Waals surface area contributed by atoms with Crippen molar-refractivity contribution in [2.24, 2.45) is 28.6 Å². The molecule has 0 heterocycles. The number of halogens is 1. The van der Waals surface area contributed by atoms with E-state index in [0.717, 1.165) is 45.1 Å². The smallest absolute Gasteiger partial charge is 0.192 e. The van der Waals surface area contributed by atoms with Crippen molar-refractivity contribution in [3.8, 4) is 0 Å². The van der Waals surface area contributed by atoms with Gasteiger partial charge in [-0.2, -0.15) is 0 Å². The lowest BCUT2D eigenvalue weighted by atomic mass is 9.47. The Labute approximate surface area is 192 Å². The van der Waals surface area contributed by atoms with E-state index >= 15 is 0 Å². The van der Waals surface area contributed by atoms with Gasteiger partial charge in [0, 0.05) is 23.9 Å². The number of hydrogen-bond acceptors (Lipinski definition) is 3. The summed E-state index contributed by atoms with van der Waals surface area (Å²) in [4.78, 5) is 25.4. The zero-order chi connectivity index (χ0) is 22.1. The number of ketones is 2. The van der Waals surface area contributed by atoms with E-state index in [1.165, 1.54) is 5.57 Å². The number of alkyl halides is 1. The van der Waals surface area contributed by atoms with Gasteiger partial charge in [-0.3, -0.25) is 9.59 Å². The second kappa shape index (κ2) is 7.38. The average molecular weight is 496 g/mol. The normalized spacial score (nSPS) is 41.8. The first-order chi connectivity index (χ1) is 13.8. The zero-order valence-electron chi connectivity index (χ0n) is 19.6. The van der Waals surface area contributed by atoms with Crippen LogP contribution in [0.25, 0.3) is 0 Å². The predicted octanol–water partition coefficient (Wildman–Crippen LogP) is 6.46. The lowest BCUT2D eigenvalue weighted by Crippen LogP contribution is -2.55. The molecule has 168 valence electrons. The average Bonchev–Trinajstić information content (AvgIpc) is 2.89. The zero-order valence-corrected chi connectivity index (χ0v) is 22.2. The monoisotopic (exact) mass is 494 g/mol. The van der Waals surface area contributed by atoms with Crippen LogP contribution in [0.3, 0.4) is 0 Å². The fraction of sp³-hybridized carbons (Fsp3) is 0.840. The minimum Gasteiger partial charge on any atom is -0.416 e. The van der Waals surface area contributed by atoms with Crippen molar-refractivity contribution in [1.29, 1.82) is 0 Å². The van der Waals surface area contributed by atoms with E-state index in [4.69, 9.17) is 4.43 Å². The maximum absolute atomic E-state index is 13.0. The number of hydrogen-bond donors (Lipinski definition) is 0. The molecular formula is C25H39BrO3Si. The van der Waals surface area contributed by atoms with E-state index in [9.17, 15) is 9.59 Å². The van der Waals surface area contributed by atoms with Crippen molar-refractivity contribution in [3.63, 3.8) is 0 Å². The number of carbonyl (C=O) groups excluding carboxylic acids is 2. The summed E-state index contributed by atoms with van der Waals surface area (Å²) in [7, 11) is -1.88. The molecule has 3 fully saturated rings. The molecule has 3 nitrogen and oxygen atoms in total. The van der Waals surface area contributed by atoms with Crippen molar-refractivity contribution in [2.75, 3.05) is 6.61 Å². The predicted molar refractivity (Wildman–Crippen MR) is 127 cm³/mol. The van der Waals surface area contributed by atoms with Gasteiger partial charge in [0.05, 0.1) is 4.83 Å². The molecule has 0 radical (unpaired) electrons. The molecule has 0 spiro atoms. The highest BCUT2D eigenvalue weighted by atomic mass is 79.9. The third-order valence-corrected chi connectivity index (χ3v) is 15.1. The highest BCUT2D eigenvalue weighted by Gasteiger charge is 2.62. The second-order valence-corrected chi connectivity index (χ2v) is 18.2. The van der Waals surface area contributed by atoms with Crippen molar-refractivity contribution < 1.29 is 14.0 Å². The van der Waals surface area contributed by atoms with E-state index < -0.39 is 8.32 Å². The van der Waals surface area contributed by atoms with Crippen LogP contribution in [-0.2, 0) is 14.0 Å². The van der Waals surface area contributed by atoms with Crippen molar-refractivity contribution in [1.82, 2.24) is 0 Å². The SMILES string of the molecule is CC(C)(C)[Si](C)(C)OC[C@]12CCC(=O)C=C1CC[C@@H]1[C@@H]2CC[C@]2(C)C(=O)[C@H](Br)C[C@@H]12. The lowest BCUT2D eigenvalue weighted by Gasteiger charge is -2.58. The quantitative estimate of drug-likeness (QED) is 0.333. The van der Waals surface area contributed by atoms with Crippen LogP contribution in [-0.4, -0.2) is 31.3 Å². The molecule has 0 aromatic rings. The van der Waals surface area contributed by atoms with Gasteiger partial charge in [-0.25, -0.2) is 0 Å². The first kappa shape index (κ1) is 22.9. The molecule has 3 saturated carbocycles. The van der Waals surface area contributed by atoms with Crippen LogP contribution in [0.15, 0.2) is 11.6 Å². The molecule has 0 saturated heterocycles. The van der Waals surface area contributed by atoms with Crippen LogP contribution in [0, 0.1) is 28.6 Å². The topological polar surface area (TPSA) is 43.4 Å². The fourth-order valence-corrected chi connectivity index (χ4v) is 8.88. The molecule has 0 aromatic carbocycles. The van der Waals surface area contributed by atoms with Crippen LogP contribution in [0.2, 0.25) is 18.1 Å². The van der Waals surface area contributed by atoms with E-state index in [1.54, 1.807) is 0 Å². The number of Topliss-reactive ketones (excluding diaryl/α,β-unsaturated/α-hetero) is 1. The van der Waals surface area contributed by atoms with Crippen LogP contribution in [0.5, 0.6) is 0 Å². The minimum atomic E-state index is -1.88. The summed E-state index contributed by atoms with van der Waals surface area (Å²) in [5, 5.41) is 0.179. The summed E-state index contributed by atoms with van der Waals surface area (Å²) in [5.41, 5.74) is 1.20. The number of carbonyl (C=O) groups is 2. The maximum atomic E-state index is 13.0. The number of fused-ring (bicyclic) bond motifs is 5. The van der Waals surface area contributed by atoms with Gasteiger partial charge in [0.25, 0.3) is 0 Å². The van der Waals surface area contributed by atoms with Crippen molar-refractivity contribution >= 4 is 35.8 Å². The van der Waals surface area contributed by atoms with Gasteiger partial charge >= 0.3 is 0 Å². The summed E-state index contributed by atoms with van der Waals surface area (Å²) >= 11 is 3.69. The first-order valence-corrected chi connectivity index (χ1v) is 15.7. The maximum Gasteiger partial charge on any atom is 0.192 e. The Morgan fingerprint density at radius 2 is 1.83 bits per heavy atom. The Balaban J connectivity index is 1.68. The molecule has 6 atom stereocenters. The molecule has 0 aliphatic heterocycles. The molecule has 0 unspecified atom stereocenters. The third-order valence-electron chi connectivity index (χ3n) is 9.88. The van der Waals surface area contributed by atoms with Gasteiger partial charge in [0.1, 0.15) is 0 Å². The molecule has 4 aliphatic rings. The highest BCUT2D eigenvalue weighted by molar-refractivity contribution is 9.10. The lowest BCUT2D eigenvalue weighted by molar-refractivity contribution is -0.133. The first-order valence-electron chi connectivity index (χ1n) is 11.9. The van der Waals surface area contributed by atoms with E-state index in [1.807, 2.05) is 6.08 Å². The Morgan fingerprint density at radius 1 is 1.13 bits per heavy atom. The Bertz CT molecular complexity index is 782. The molecule has 4 rings (SSSR count). The van der Waals surface area contributed by atoms with Crippen LogP contribution >= 0.6 is 15.9 Å². The van der Waals surface area contributed by atoms with E-state index in [-0.39, 0.29) is 20.7 Å². The van der Waals surface area contributed by atoms with Gasteiger partial charge < -0.3 is 4.43 Å². The second-order valence-electron chi connectivity index (χ2n) is 12.3. The summed E-state index contributed by atoms with van der Waals surface area (Å²) in [5.74, 6) is 2.31. The summed E-state index contributed by atoms with van der Waals surface area (Å²) < 4.78 is 6.87. The molecular weight excluding hydrogens is 456 g/mol. The largest absolute Gasteiger partial charge is 0.416 e. The summed E-state index contributed by atoms with van der Waals surface area (Å²) in [6, 6.07) is 0. The van der Waals surface area contributed by atoms with Gasteiger partial charge in [-0.1, -0.05) is 49.2 Å². The van der Waals surface area contributed by atoms with Gasteiger partial charge in [0.2, 0.25) is 0 Å². The van der Waals surface area contributed by atoms with Gasteiger partial charge in [-0.15, -0.1) is 0 Å². The Hall–Kier alpha value is -0.263. The van der Waals surface area contributed by atoms with Gasteiger partial charge in [-0.05, 0) is 80.5 Å². The molecule has 30 heavy (non-hydrogen) atoms. The summed E-state index contributed by atoms with van der Waals surface area (Å²) in [6.45, 7) is 14.6. The number of rotatable bonds is 3. The van der Waals surface area contributed by atoms with Crippen LogP contribution in [0.1, 0.15) is 72.6 Å². The molecule has 0 bridgehead atoms. The third kappa shape index (κ3) is 3.37. The van der Waals surface area contributed by atoms with Crippen molar-refractivity contribution in [3.05, 3.63) is 11.6 Å². The highest BCUT2D eigenvalue weighted by Crippen LogP contribution is 2.65.